The molecule has 0 amide bonds. The Labute approximate surface area is 97.8 Å². The number of rotatable bonds is 6. The van der Waals surface area contributed by atoms with Crippen LogP contribution in [-0.4, -0.2) is 9.55 Å². The van der Waals surface area contributed by atoms with Crippen molar-refractivity contribution in [1.29, 1.82) is 0 Å². The number of hydrogen-bond donors (Lipinski definition) is 0. The van der Waals surface area contributed by atoms with Gasteiger partial charge in [-0.15, -0.1) is 0 Å². The SMILES string of the molecule is CCCCCCCn1ccnc1.[I-]. The zero-order valence-corrected chi connectivity index (χ0v) is 10.4. The Morgan fingerprint density at radius 2 is 1.92 bits per heavy atom. The fourth-order valence-electron chi connectivity index (χ4n) is 1.32. The molecule has 0 spiro atoms. The van der Waals surface area contributed by atoms with E-state index in [9.17, 15) is 0 Å². The fourth-order valence-corrected chi connectivity index (χ4v) is 1.32. The van der Waals surface area contributed by atoms with Gasteiger partial charge in [0.05, 0.1) is 6.33 Å². The first-order valence-corrected chi connectivity index (χ1v) is 4.89. The summed E-state index contributed by atoms with van der Waals surface area (Å²) in [5, 5.41) is 0. The van der Waals surface area contributed by atoms with Gasteiger partial charge in [0.1, 0.15) is 0 Å². The van der Waals surface area contributed by atoms with Gasteiger partial charge in [0.15, 0.2) is 0 Å². The molecule has 1 aromatic heterocycles. The molecule has 0 aliphatic carbocycles. The summed E-state index contributed by atoms with van der Waals surface area (Å²) in [6, 6.07) is 0. The standard InChI is InChI=1S/C10H18N2.HI/c1-2-3-4-5-6-8-12-9-7-11-10-12;/h7,9-10H,2-6,8H2,1H3;1H/p-1. The number of imidazole rings is 1. The highest BCUT2D eigenvalue weighted by molar-refractivity contribution is 4.73. The molecule has 0 aliphatic heterocycles. The zero-order chi connectivity index (χ0) is 8.65. The molecule has 0 bridgehead atoms. The molecule has 0 atom stereocenters. The van der Waals surface area contributed by atoms with Crippen molar-refractivity contribution in [3.05, 3.63) is 18.7 Å². The van der Waals surface area contributed by atoms with Crippen LogP contribution in [0, 0.1) is 0 Å². The third-order valence-electron chi connectivity index (χ3n) is 2.08. The van der Waals surface area contributed by atoms with E-state index in [1.54, 1.807) is 0 Å². The van der Waals surface area contributed by atoms with Crippen molar-refractivity contribution in [2.45, 2.75) is 45.6 Å². The predicted molar refractivity (Wildman–Crippen MR) is 51.0 cm³/mol. The number of nitrogens with zero attached hydrogens (tertiary/aromatic N) is 2. The summed E-state index contributed by atoms with van der Waals surface area (Å²) in [5.74, 6) is 0. The van der Waals surface area contributed by atoms with Gasteiger partial charge in [-0.25, -0.2) is 4.98 Å². The van der Waals surface area contributed by atoms with Crippen LogP contribution < -0.4 is 24.0 Å². The topological polar surface area (TPSA) is 17.8 Å². The Morgan fingerprint density at radius 3 is 2.54 bits per heavy atom. The summed E-state index contributed by atoms with van der Waals surface area (Å²) in [4.78, 5) is 4.00. The van der Waals surface area contributed by atoms with Gasteiger partial charge < -0.3 is 28.5 Å². The summed E-state index contributed by atoms with van der Waals surface area (Å²) in [6.07, 6.45) is 12.5. The molecule has 0 aliphatic rings. The third-order valence-corrected chi connectivity index (χ3v) is 2.08. The Morgan fingerprint density at radius 1 is 1.15 bits per heavy atom. The van der Waals surface area contributed by atoms with Crippen LogP contribution in [0.4, 0.5) is 0 Å². The van der Waals surface area contributed by atoms with E-state index in [1.807, 2.05) is 18.7 Å². The molecule has 1 rings (SSSR count). The molecule has 1 aromatic rings. The Kier molecular flexibility index (Phi) is 8.49. The number of hydrogen-bond acceptors (Lipinski definition) is 1. The van der Waals surface area contributed by atoms with Gasteiger partial charge in [0.2, 0.25) is 0 Å². The molecule has 76 valence electrons. The van der Waals surface area contributed by atoms with Crippen molar-refractivity contribution >= 4 is 0 Å². The second kappa shape index (κ2) is 8.53. The average Bonchev–Trinajstić information content (AvgIpc) is 2.57. The lowest BCUT2D eigenvalue weighted by Crippen LogP contribution is -3.00. The van der Waals surface area contributed by atoms with Gasteiger partial charge >= 0.3 is 0 Å². The summed E-state index contributed by atoms with van der Waals surface area (Å²) in [6.45, 7) is 3.37. The lowest BCUT2D eigenvalue weighted by molar-refractivity contribution is -0.00000271. The van der Waals surface area contributed by atoms with E-state index in [0.717, 1.165) is 6.54 Å². The Hall–Kier alpha value is -0.0600. The molecule has 0 radical (unpaired) electrons. The second-order valence-corrected chi connectivity index (χ2v) is 3.21. The van der Waals surface area contributed by atoms with E-state index in [-0.39, 0.29) is 24.0 Å². The van der Waals surface area contributed by atoms with Gasteiger partial charge in [-0.1, -0.05) is 32.6 Å². The summed E-state index contributed by atoms with van der Waals surface area (Å²) in [7, 11) is 0. The minimum atomic E-state index is 0. The molecular weight excluding hydrogens is 275 g/mol. The first kappa shape index (κ1) is 12.9. The molecule has 2 nitrogen and oxygen atoms in total. The largest absolute Gasteiger partial charge is 1.00 e. The van der Waals surface area contributed by atoms with E-state index in [4.69, 9.17) is 0 Å². The summed E-state index contributed by atoms with van der Waals surface area (Å²) < 4.78 is 2.14. The monoisotopic (exact) mass is 293 g/mol. The average molecular weight is 293 g/mol. The van der Waals surface area contributed by atoms with Crippen molar-refractivity contribution in [1.82, 2.24) is 9.55 Å². The first-order chi connectivity index (χ1) is 5.93. The van der Waals surface area contributed by atoms with E-state index in [2.05, 4.69) is 16.5 Å². The second-order valence-electron chi connectivity index (χ2n) is 3.21. The van der Waals surface area contributed by atoms with Crippen molar-refractivity contribution in [3.63, 3.8) is 0 Å². The van der Waals surface area contributed by atoms with Gasteiger partial charge in [0.25, 0.3) is 0 Å². The molecule has 0 N–H and O–H groups in total. The van der Waals surface area contributed by atoms with Gasteiger partial charge in [-0.3, -0.25) is 0 Å². The van der Waals surface area contributed by atoms with Crippen LogP contribution in [0.2, 0.25) is 0 Å². The first-order valence-electron chi connectivity index (χ1n) is 4.89. The van der Waals surface area contributed by atoms with Crippen LogP contribution >= 0.6 is 0 Å². The quantitative estimate of drug-likeness (QED) is 0.527. The van der Waals surface area contributed by atoms with Crippen LogP contribution in [-0.2, 0) is 6.54 Å². The third kappa shape index (κ3) is 6.07. The molecule has 3 heteroatoms. The molecule has 13 heavy (non-hydrogen) atoms. The highest BCUT2D eigenvalue weighted by Crippen LogP contribution is 2.03. The molecule has 0 saturated carbocycles. The molecule has 0 saturated heterocycles. The molecule has 0 fully saturated rings. The van der Waals surface area contributed by atoms with Crippen molar-refractivity contribution < 1.29 is 24.0 Å². The van der Waals surface area contributed by atoms with Crippen LogP contribution in [0.5, 0.6) is 0 Å². The normalized spacial score (nSPS) is 9.62. The van der Waals surface area contributed by atoms with Crippen molar-refractivity contribution in [2.24, 2.45) is 0 Å². The molecule has 1 heterocycles. The number of aryl methyl sites for hydroxylation is 1. The number of unbranched alkanes of at least 4 members (excludes halogenated alkanes) is 4. The van der Waals surface area contributed by atoms with Gasteiger partial charge in [-0.05, 0) is 6.42 Å². The van der Waals surface area contributed by atoms with Gasteiger partial charge in [0, 0.05) is 18.9 Å². The smallest absolute Gasteiger partial charge is 0.0945 e. The van der Waals surface area contributed by atoms with Gasteiger partial charge in [-0.2, -0.15) is 0 Å². The molecular formula is C10H18IN2-. The molecule has 0 aromatic carbocycles. The number of aromatic nitrogens is 2. The summed E-state index contributed by atoms with van der Waals surface area (Å²) >= 11 is 0. The predicted octanol–water partition coefficient (Wildman–Crippen LogP) is -0.143. The van der Waals surface area contributed by atoms with E-state index >= 15 is 0 Å². The summed E-state index contributed by atoms with van der Waals surface area (Å²) in [5.41, 5.74) is 0. The Balaban J connectivity index is 0.00000144. The van der Waals surface area contributed by atoms with Crippen LogP contribution in [0.25, 0.3) is 0 Å². The highest BCUT2D eigenvalue weighted by Gasteiger charge is 1.90. The van der Waals surface area contributed by atoms with Crippen LogP contribution in [0.3, 0.4) is 0 Å². The number of halogens is 1. The maximum absolute atomic E-state index is 4.00. The van der Waals surface area contributed by atoms with Crippen LogP contribution in [0.15, 0.2) is 18.7 Å². The van der Waals surface area contributed by atoms with E-state index in [0.29, 0.717) is 0 Å². The highest BCUT2D eigenvalue weighted by atomic mass is 127. The minimum Gasteiger partial charge on any atom is -1.00 e. The zero-order valence-electron chi connectivity index (χ0n) is 8.25. The van der Waals surface area contributed by atoms with Crippen molar-refractivity contribution in [2.75, 3.05) is 0 Å². The Bertz CT molecular complexity index is 185. The van der Waals surface area contributed by atoms with E-state index in [1.165, 1.54) is 32.1 Å². The maximum Gasteiger partial charge on any atom is 0.0945 e. The van der Waals surface area contributed by atoms with E-state index < -0.39 is 0 Å². The fraction of sp³-hybridized carbons (Fsp3) is 0.700. The molecule has 0 unspecified atom stereocenters. The minimum absolute atomic E-state index is 0. The van der Waals surface area contributed by atoms with Crippen LogP contribution in [0.1, 0.15) is 39.0 Å². The maximum atomic E-state index is 4.00. The lowest BCUT2D eigenvalue weighted by atomic mass is 10.1. The van der Waals surface area contributed by atoms with Crippen molar-refractivity contribution in [3.8, 4) is 0 Å². The lowest BCUT2D eigenvalue weighted by Gasteiger charge is -2.00.